The zero-order valence-corrected chi connectivity index (χ0v) is 11.7. The molecule has 19 heavy (non-hydrogen) atoms. The van der Waals surface area contributed by atoms with Crippen molar-refractivity contribution in [3.8, 4) is 0 Å². The molecule has 6 heteroatoms. The number of hydrogen-bond donors (Lipinski definition) is 1. The van der Waals surface area contributed by atoms with Gasteiger partial charge in [-0.1, -0.05) is 0 Å². The summed E-state index contributed by atoms with van der Waals surface area (Å²) in [5.74, 6) is -0.00262. The minimum atomic E-state index is -0.888. The Bertz CT molecular complexity index is 649. The van der Waals surface area contributed by atoms with Crippen LogP contribution in [0.15, 0.2) is 6.33 Å². The molecule has 1 fully saturated rings. The molecule has 0 saturated heterocycles. The number of rotatable bonds is 4. The highest BCUT2D eigenvalue weighted by molar-refractivity contribution is 7.20. The van der Waals surface area contributed by atoms with Gasteiger partial charge in [-0.3, -0.25) is 0 Å². The van der Waals surface area contributed by atoms with Gasteiger partial charge in [-0.25, -0.2) is 14.8 Å². The van der Waals surface area contributed by atoms with Crippen molar-refractivity contribution in [1.82, 2.24) is 9.97 Å². The lowest BCUT2D eigenvalue weighted by molar-refractivity contribution is 0.0701. The second-order valence-corrected chi connectivity index (χ2v) is 5.76. The number of aromatic nitrogens is 2. The molecule has 5 nitrogen and oxygen atoms in total. The third kappa shape index (κ3) is 1.96. The van der Waals surface area contributed by atoms with Gasteiger partial charge in [0, 0.05) is 12.6 Å². The number of aryl methyl sites for hydroxylation is 1. The standard InChI is InChI=1S/C13H15N3O2S/c1-3-16(8-4-5-8)11-9-7(2)10(13(17)18)19-12(9)15-6-14-11/h6,8H,3-5H2,1-2H3,(H,17,18). The van der Waals surface area contributed by atoms with E-state index < -0.39 is 5.97 Å². The van der Waals surface area contributed by atoms with Crippen molar-refractivity contribution in [2.24, 2.45) is 0 Å². The first-order valence-electron chi connectivity index (χ1n) is 6.37. The molecule has 2 aromatic rings. The fourth-order valence-corrected chi connectivity index (χ4v) is 3.42. The summed E-state index contributed by atoms with van der Waals surface area (Å²) >= 11 is 1.23. The molecule has 0 radical (unpaired) electrons. The molecule has 1 N–H and O–H groups in total. The average Bonchev–Trinajstić information content (AvgIpc) is 3.15. The SMILES string of the molecule is CCN(c1ncnc2sc(C(=O)O)c(C)c12)C1CC1. The average molecular weight is 277 g/mol. The highest BCUT2D eigenvalue weighted by Crippen LogP contribution is 2.38. The largest absolute Gasteiger partial charge is 0.477 e. The molecule has 2 aromatic heterocycles. The predicted octanol–water partition coefficient (Wildman–Crippen LogP) is 2.69. The predicted molar refractivity (Wildman–Crippen MR) is 75.2 cm³/mol. The van der Waals surface area contributed by atoms with Crippen LogP contribution in [0.3, 0.4) is 0 Å². The Morgan fingerprint density at radius 3 is 2.84 bits per heavy atom. The Kier molecular flexibility index (Phi) is 2.89. The van der Waals surface area contributed by atoms with Crippen molar-refractivity contribution in [3.05, 3.63) is 16.8 Å². The van der Waals surface area contributed by atoms with Crippen LogP contribution in [0.25, 0.3) is 10.2 Å². The van der Waals surface area contributed by atoms with E-state index in [4.69, 9.17) is 0 Å². The van der Waals surface area contributed by atoms with Gasteiger partial charge in [0.25, 0.3) is 0 Å². The lowest BCUT2D eigenvalue weighted by Gasteiger charge is -2.22. The normalized spacial score (nSPS) is 14.8. The van der Waals surface area contributed by atoms with Gasteiger partial charge in [0.15, 0.2) is 0 Å². The van der Waals surface area contributed by atoms with E-state index >= 15 is 0 Å². The quantitative estimate of drug-likeness (QED) is 0.930. The van der Waals surface area contributed by atoms with Crippen LogP contribution in [-0.4, -0.2) is 33.6 Å². The zero-order chi connectivity index (χ0) is 13.6. The van der Waals surface area contributed by atoms with Crippen LogP contribution in [0.4, 0.5) is 5.82 Å². The van der Waals surface area contributed by atoms with Crippen molar-refractivity contribution < 1.29 is 9.90 Å². The van der Waals surface area contributed by atoms with E-state index in [0.29, 0.717) is 10.9 Å². The summed E-state index contributed by atoms with van der Waals surface area (Å²) in [4.78, 5) is 23.2. The number of hydrogen-bond acceptors (Lipinski definition) is 5. The van der Waals surface area contributed by atoms with Crippen molar-refractivity contribution in [3.63, 3.8) is 0 Å². The van der Waals surface area contributed by atoms with Crippen LogP contribution in [0.5, 0.6) is 0 Å². The Labute approximate surface area is 114 Å². The van der Waals surface area contributed by atoms with Crippen LogP contribution >= 0.6 is 11.3 Å². The van der Waals surface area contributed by atoms with Crippen LogP contribution < -0.4 is 4.90 Å². The fraction of sp³-hybridized carbons (Fsp3) is 0.462. The second kappa shape index (κ2) is 4.45. The lowest BCUT2D eigenvalue weighted by Crippen LogP contribution is -2.26. The van der Waals surface area contributed by atoms with E-state index in [1.165, 1.54) is 30.5 Å². The van der Waals surface area contributed by atoms with Crippen molar-refractivity contribution in [1.29, 1.82) is 0 Å². The molecule has 2 heterocycles. The lowest BCUT2D eigenvalue weighted by atomic mass is 10.2. The Hall–Kier alpha value is -1.69. The summed E-state index contributed by atoms with van der Waals surface area (Å²) in [5.41, 5.74) is 0.780. The maximum atomic E-state index is 11.2. The van der Waals surface area contributed by atoms with Crippen molar-refractivity contribution in [2.45, 2.75) is 32.7 Å². The second-order valence-electron chi connectivity index (χ2n) is 4.76. The highest BCUT2D eigenvalue weighted by atomic mass is 32.1. The number of fused-ring (bicyclic) bond motifs is 1. The number of thiophene rings is 1. The molecule has 100 valence electrons. The van der Waals surface area contributed by atoms with Gasteiger partial charge in [0.1, 0.15) is 21.9 Å². The van der Waals surface area contributed by atoms with E-state index in [2.05, 4.69) is 21.8 Å². The maximum absolute atomic E-state index is 11.2. The van der Waals surface area contributed by atoms with Gasteiger partial charge in [0.2, 0.25) is 0 Å². The third-order valence-corrected chi connectivity index (χ3v) is 4.69. The number of carbonyl (C=O) groups is 1. The fourth-order valence-electron chi connectivity index (χ4n) is 2.44. The molecular formula is C13H15N3O2S. The smallest absolute Gasteiger partial charge is 0.346 e. The Morgan fingerprint density at radius 1 is 1.53 bits per heavy atom. The first-order chi connectivity index (χ1) is 9.13. The van der Waals surface area contributed by atoms with Crippen molar-refractivity contribution >= 4 is 33.3 Å². The molecule has 0 atom stereocenters. The molecule has 0 amide bonds. The maximum Gasteiger partial charge on any atom is 0.346 e. The van der Waals surface area contributed by atoms with Crippen LogP contribution in [0, 0.1) is 6.92 Å². The number of carboxylic acid groups (broad SMARTS) is 1. The van der Waals surface area contributed by atoms with Gasteiger partial charge >= 0.3 is 5.97 Å². The van der Waals surface area contributed by atoms with Crippen LogP contribution in [-0.2, 0) is 0 Å². The molecule has 1 aliphatic carbocycles. The Morgan fingerprint density at radius 2 is 2.26 bits per heavy atom. The summed E-state index contributed by atoms with van der Waals surface area (Å²) in [6, 6.07) is 0.552. The van der Waals surface area contributed by atoms with E-state index in [1.807, 2.05) is 6.92 Å². The number of aromatic carboxylic acids is 1. The molecule has 1 saturated carbocycles. The monoisotopic (exact) mass is 277 g/mol. The number of nitrogens with zero attached hydrogens (tertiary/aromatic N) is 3. The minimum absolute atomic E-state index is 0.364. The minimum Gasteiger partial charge on any atom is -0.477 e. The summed E-state index contributed by atoms with van der Waals surface area (Å²) in [7, 11) is 0. The van der Waals surface area contributed by atoms with Crippen LogP contribution in [0.1, 0.15) is 35.0 Å². The van der Waals surface area contributed by atoms with Crippen molar-refractivity contribution in [2.75, 3.05) is 11.4 Å². The van der Waals surface area contributed by atoms with Gasteiger partial charge in [0.05, 0.1) is 5.39 Å². The third-order valence-electron chi connectivity index (χ3n) is 3.50. The molecule has 1 aliphatic rings. The van der Waals surface area contributed by atoms with Gasteiger partial charge in [-0.05, 0) is 32.3 Å². The first kappa shape index (κ1) is 12.3. The molecular weight excluding hydrogens is 262 g/mol. The topological polar surface area (TPSA) is 66.3 Å². The summed E-state index contributed by atoms with van der Waals surface area (Å²) in [6.07, 6.45) is 3.91. The van der Waals surface area contributed by atoms with E-state index in [-0.39, 0.29) is 0 Å². The van der Waals surface area contributed by atoms with E-state index in [1.54, 1.807) is 0 Å². The molecule has 0 bridgehead atoms. The Balaban J connectivity index is 2.21. The molecule has 0 unspecified atom stereocenters. The van der Waals surface area contributed by atoms with Crippen LogP contribution in [0.2, 0.25) is 0 Å². The first-order valence-corrected chi connectivity index (χ1v) is 7.19. The number of anilines is 1. The number of carboxylic acids is 1. The van der Waals surface area contributed by atoms with Gasteiger partial charge in [-0.15, -0.1) is 11.3 Å². The summed E-state index contributed by atoms with van der Waals surface area (Å²) in [6.45, 7) is 4.83. The molecule has 0 aromatic carbocycles. The van der Waals surface area contributed by atoms with E-state index in [9.17, 15) is 9.90 Å². The van der Waals surface area contributed by atoms with E-state index in [0.717, 1.165) is 28.1 Å². The molecule has 3 rings (SSSR count). The summed E-state index contributed by atoms with van der Waals surface area (Å²) < 4.78 is 0. The zero-order valence-electron chi connectivity index (χ0n) is 10.9. The van der Waals surface area contributed by atoms with Gasteiger partial charge in [-0.2, -0.15) is 0 Å². The molecule has 0 aliphatic heterocycles. The molecule has 0 spiro atoms. The summed E-state index contributed by atoms with van der Waals surface area (Å²) in [5, 5.41) is 10.1. The highest BCUT2D eigenvalue weighted by Gasteiger charge is 2.31. The van der Waals surface area contributed by atoms with Gasteiger partial charge < -0.3 is 10.0 Å².